The lowest BCUT2D eigenvalue weighted by Crippen LogP contribution is -2.44. The molecule has 8 heavy (non-hydrogen) atoms. The van der Waals surface area contributed by atoms with Gasteiger partial charge in [0.25, 0.3) is 0 Å². The number of fused-ring (bicyclic) bond motifs is 2. The Kier molecular flexibility index (Phi) is 0.884. The highest BCUT2D eigenvalue weighted by Crippen LogP contribution is 2.37. The number of hydrogen-bond acceptors (Lipinski definition) is 1. The van der Waals surface area contributed by atoms with Crippen LogP contribution in [0.1, 0.15) is 26.2 Å². The van der Waals surface area contributed by atoms with Gasteiger partial charge in [0, 0.05) is 0 Å². The van der Waals surface area contributed by atoms with Crippen molar-refractivity contribution in [1.29, 1.82) is 0 Å². The number of ether oxygens (including phenoxy) is 1. The first-order valence-electron chi connectivity index (χ1n) is 3.50. The molecule has 2 heterocycles. The first-order chi connectivity index (χ1) is 3.84. The molecule has 3 aliphatic rings. The van der Waals surface area contributed by atoms with Crippen molar-refractivity contribution in [3.63, 3.8) is 0 Å². The summed E-state index contributed by atoms with van der Waals surface area (Å²) in [5, 5.41) is 0. The Labute approximate surface area is 50.0 Å². The van der Waals surface area contributed by atoms with Crippen molar-refractivity contribution < 1.29 is 4.74 Å². The van der Waals surface area contributed by atoms with Gasteiger partial charge >= 0.3 is 0 Å². The molecule has 2 unspecified atom stereocenters. The lowest BCUT2D eigenvalue weighted by molar-refractivity contribution is -0.170. The van der Waals surface area contributed by atoms with Gasteiger partial charge in [0.05, 0.1) is 12.2 Å². The topological polar surface area (TPSA) is 9.23 Å². The predicted octanol–water partition coefficient (Wildman–Crippen LogP) is 1.57. The van der Waals surface area contributed by atoms with E-state index < -0.39 is 0 Å². The van der Waals surface area contributed by atoms with E-state index in [2.05, 4.69) is 6.92 Å². The minimum Gasteiger partial charge on any atom is -0.375 e. The van der Waals surface area contributed by atoms with E-state index in [1.807, 2.05) is 0 Å². The average molecular weight is 112 g/mol. The molecule has 2 aliphatic heterocycles. The van der Waals surface area contributed by atoms with Crippen LogP contribution in [-0.2, 0) is 4.74 Å². The summed E-state index contributed by atoms with van der Waals surface area (Å²) in [6.07, 6.45) is 5.30. The third-order valence-corrected chi connectivity index (χ3v) is 2.24. The van der Waals surface area contributed by atoms with E-state index in [-0.39, 0.29) is 0 Å². The molecule has 1 saturated carbocycles. The second kappa shape index (κ2) is 1.47. The van der Waals surface area contributed by atoms with Crippen LogP contribution in [-0.4, -0.2) is 12.2 Å². The van der Waals surface area contributed by atoms with Crippen LogP contribution in [0.25, 0.3) is 0 Å². The van der Waals surface area contributed by atoms with Crippen LogP contribution in [0.2, 0.25) is 0 Å². The zero-order valence-electron chi connectivity index (χ0n) is 5.26. The van der Waals surface area contributed by atoms with E-state index in [1.54, 1.807) is 0 Å². The highest BCUT2D eigenvalue weighted by atomic mass is 16.5. The lowest BCUT2D eigenvalue weighted by Gasteiger charge is -2.44. The van der Waals surface area contributed by atoms with E-state index >= 15 is 0 Å². The highest BCUT2D eigenvalue weighted by Gasteiger charge is 2.37. The molecule has 0 aromatic rings. The zero-order valence-corrected chi connectivity index (χ0v) is 5.26. The summed E-state index contributed by atoms with van der Waals surface area (Å²) < 4.78 is 5.45. The zero-order chi connectivity index (χ0) is 5.56. The van der Waals surface area contributed by atoms with Crippen LogP contribution in [0.3, 0.4) is 0 Å². The third kappa shape index (κ3) is 0.576. The van der Waals surface area contributed by atoms with Gasteiger partial charge < -0.3 is 4.74 Å². The van der Waals surface area contributed by atoms with Gasteiger partial charge in [-0.25, -0.2) is 0 Å². The largest absolute Gasteiger partial charge is 0.375 e. The Hall–Kier alpha value is -0.0400. The normalized spacial score (nSPS) is 52.9. The molecule has 3 rings (SSSR count). The highest BCUT2D eigenvalue weighted by molar-refractivity contribution is 4.86. The second-order valence-electron chi connectivity index (χ2n) is 3.19. The monoisotopic (exact) mass is 112 g/mol. The minimum atomic E-state index is 0.656. The minimum absolute atomic E-state index is 0.656. The van der Waals surface area contributed by atoms with Crippen LogP contribution in [0.5, 0.6) is 0 Å². The van der Waals surface area contributed by atoms with Crippen molar-refractivity contribution in [2.24, 2.45) is 5.92 Å². The molecule has 0 amide bonds. The van der Waals surface area contributed by atoms with Crippen molar-refractivity contribution in [3.8, 4) is 0 Å². The van der Waals surface area contributed by atoms with Gasteiger partial charge in [-0.3, -0.25) is 0 Å². The van der Waals surface area contributed by atoms with Gasteiger partial charge in [0.1, 0.15) is 0 Å². The summed E-state index contributed by atoms with van der Waals surface area (Å²) in [7, 11) is 0. The fraction of sp³-hybridized carbons (Fsp3) is 1.00. The predicted molar refractivity (Wildman–Crippen MR) is 31.7 cm³/mol. The molecule has 2 bridgehead atoms. The van der Waals surface area contributed by atoms with Gasteiger partial charge in [-0.05, 0) is 25.2 Å². The molecule has 0 spiro atoms. The molecule has 3 atom stereocenters. The van der Waals surface area contributed by atoms with Gasteiger partial charge in [0.2, 0.25) is 0 Å². The maximum Gasteiger partial charge on any atom is 0.0606 e. The fourth-order valence-electron chi connectivity index (χ4n) is 1.85. The third-order valence-electron chi connectivity index (χ3n) is 2.24. The summed E-state index contributed by atoms with van der Waals surface area (Å²) in [5.74, 6) is 0.937. The number of rotatable bonds is 0. The Morgan fingerprint density at radius 3 is 1.88 bits per heavy atom. The molecule has 2 saturated heterocycles. The Morgan fingerprint density at radius 2 is 1.62 bits per heavy atom. The summed E-state index contributed by atoms with van der Waals surface area (Å²) in [5.41, 5.74) is 0. The van der Waals surface area contributed by atoms with Gasteiger partial charge in [-0.2, -0.15) is 0 Å². The average Bonchev–Trinajstić information content (AvgIpc) is 1.62. The molecule has 0 aromatic carbocycles. The first-order valence-corrected chi connectivity index (χ1v) is 3.50. The standard InChI is InChI=1S/C7H12O/c1-5-2-6-4-7(3-5)8-6/h5-7H,2-4H2,1H3/t5?,6-,7?/m1/s1. The molecule has 0 radical (unpaired) electrons. The van der Waals surface area contributed by atoms with Gasteiger partial charge in [0.15, 0.2) is 0 Å². The summed E-state index contributed by atoms with van der Waals surface area (Å²) in [6, 6.07) is 0. The van der Waals surface area contributed by atoms with Gasteiger partial charge in [-0.15, -0.1) is 0 Å². The quantitative estimate of drug-likeness (QED) is 0.462. The van der Waals surface area contributed by atoms with E-state index in [0.29, 0.717) is 12.2 Å². The van der Waals surface area contributed by atoms with Crippen LogP contribution < -0.4 is 0 Å². The maximum absolute atomic E-state index is 5.45. The molecule has 0 N–H and O–H groups in total. The molecule has 1 heteroatoms. The Bertz CT molecular complexity index is 84.6. The molecule has 3 fully saturated rings. The molecule has 1 nitrogen and oxygen atoms in total. The Balaban J connectivity index is 1.97. The Morgan fingerprint density at radius 1 is 1.12 bits per heavy atom. The summed E-state index contributed by atoms with van der Waals surface area (Å²) in [4.78, 5) is 0. The molecular weight excluding hydrogens is 100 g/mol. The van der Waals surface area contributed by atoms with E-state index in [1.165, 1.54) is 19.3 Å². The van der Waals surface area contributed by atoms with Crippen molar-refractivity contribution in [2.45, 2.75) is 38.4 Å². The summed E-state index contributed by atoms with van der Waals surface area (Å²) >= 11 is 0. The van der Waals surface area contributed by atoms with Gasteiger partial charge in [-0.1, -0.05) is 6.92 Å². The van der Waals surface area contributed by atoms with Crippen LogP contribution >= 0.6 is 0 Å². The maximum atomic E-state index is 5.45. The first kappa shape index (κ1) is 4.80. The second-order valence-corrected chi connectivity index (χ2v) is 3.19. The summed E-state index contributed by atoms with van der Waals surface area (Å²) in [6.45, 7) is 2.32. The lowest BCUT2D eigenvalue weighted by atomic mass is 9.82. The van der Waals surface area contributed by atoms with Crippen molar-refractivity contribution >= 4 is 0 Å². The number of hydrogen-bond donors (Lipinski definition) is 0. The van der Waals surface area contributed by atoms with Crippen LogP contribution in [0.15, 0.2) is 0 Å². The van der Waals surface area contributed by atoms with Crippen molar-refractivity contribution in [2.75, 3.05) is 0 Å². The molecule has 0 aromatic heterocycles. The van der Waals surface area contributed by atoms with Crippen LogP contribution in [0.4, 0.5) is 0 Å². The SMILES string of the molecule is CC1CC2C[C@@H](C1)O2. The molecule has 1 aliphatic carbocycles. The smallest absolute Gasteiger partial charge is 0.0606 e. The molecular formula is C7H12O. The van der Waals surface area contributed by atoms with Crippen LogP contribution in [0, 0.1) is 5.92 Å². The van der Waals surface area contributed by atoms with E-state index in [9.17, 15) is 0 Å². The van der Waals surface area contributed by atoms with E-state index in [0.717, 1.165) is 5.92 Å². The van der Waals surface area contributed by atoms with Crippen molar-refractivity contribution in [1.82, 2.24) is 0 Å². The fourth-order valence-corrected chi connectivity index (χ4v) is 1.85. The van der Waals surface area contributed by atoms with E-state index in [4.69, 9.17) is 4.74 Å². The molecule has 46 valence electrons. The van der Waals surface area contributed by atoms with Crippen molar-refractivity contribution in [3.05, 3.63) is 0 Å².